The van der Waals surface area contributed by atoms with E-state index in [1.807, 2.05) is 10.6 Å². The van der Waals surface area contributed by atoms with Crippen LogP contribution in [0.2, 0.25) is 0 Å². The summed E-state index contributed by atoms with van der Waals surface area (Å²) in [7, 11) is 1.64. The summed E-state index contributed by atoms with van der Waals surface area (Å²) >= 11 is 0. The van der Waals surface area contributed by atoms with E-state index in [1.54, 1.807) is 19.2 Å². The second-order valence-electron chi connectivity index (χ2n) is 3.13. The van der Waals surface area contributed by atoms with Gasteiger partial charge in [-0.1, -0.05) is 0 Å². The van der Waals surface area contributed by atoms with E-state index < -0.39 is 0 Å². The molecular formula is C10H11N3O2. The zero-order chi connectivity index (χ0) is 10.7. The van der Waals surface area contributed by atoms with Crippen LogP contribution in [0.5, 0.6) is 0 Å². The van der Waals surface area contributed by atoms with E-state index in [0.717, 1.165) is 12.1 Å². The van der Waals surface area contributed by atoms with Gasteiger partial charge in [-0.05, 0) is 12.1 Å². The molecule has 2 rings (SSSR count). The van der Waals surface area contributed by atoms with Crippen molar-refractivity contribution in [3.63, 3.8) is 0 Å². The maximum atomic E-state index is 10.7. The van der Waals surface area contributed by atoms with Crippen LogP contribution in [0.4, 0.5) is 0 Å². The van der Waals surface area contributed by atoms with Gasteiger partial charge in [0.05, 0.1) is 12.2 Å². The monoisotopic (exact) mass is 205 g/mol. The van der Waals surface area contributed by atoms with Crippen LogP contribution in [0.25, 0.3) is 5.65 Å². The average molecular weight is 205 g/mol. The zero-order valence-corrected chi connectivity index (χ0v) is 8.38. The largest absolute Gasteiger partial charge is 0.384 e. The van der Waals surface area contributed by atoms with Crippen LogP contribution >= 0.6 is 0 Å². The molecule has 5 nitrogen and oxygen atoms in total. The van der Waals surface area contributed by atoms with Crippen LogP contribution in [0.1, 0.15) is 16.2 Å². The number of aldehydes is 1. The van der Waals surface area contributed by atoms with Gasteiger partial charge in [0.15, 0.2) is 11.9 Å². The number of aromatic nitrogens is 3. The molecular weight excluding hydrogens is 194 g/mol. The molecule has 5 heteroatoms. The first kappa shape index (κ1) is 9.79. The minimum absolute atomic E-state index is 0.550. The Morgan fingerprint density at radius 3 is 3.13 bits per heavy atom. The van der Waals surface area contributed by atoms with Gasteiger partial charge in [0.1, 0.15) is 5.82 Å². The molecule has 0 aliphatic carbocycles. The van der Waals surface area contributed by atoms with E-state index >= 15 is 0 Å². The van der Waals surface area contributed by atoms with Gasteiger partial charge in [-0.15, -0.1) is 10.2 Å². The molecule has 2 aromatic heterocycles. The van der Waals surface area contributed by atoms with Crippen molar-refractivity contribution in [3.05, 3.63) is 29.7 Å². The smallest absolute Gasteiger partial charge is 0.171 e. The van der Waals surface area contributed by atoms with Crippen LogP contribution in [0, 0.1) is 0 Å². The fourth-order valence-electron chi connectivity index (χ4n) is 1.44. The number of hydrogen-bond donors (Lipinski definition) is 0. The third kappa shape index (κ3) is 1.73. The van der Waals surface area contributed by atoms with Crippen molar-refractivity contribution in [1.29, 1.82) is 0 Å². The van der Waals surface area contributed by atoms with Gasteiger partial charge in [0.2, 0.25) is 0 Å². The fraction of sp³-hybridized carbons (Fsp3) is 0.300. The lowest BCUT2D eigenvalue weighted by molar-refractivity contribution is 0.112. The van der Waals surface area contributed by atoms with Gasteiger partial charge in [0, 0.05) is 19.7 Å². The molecule has 0 bridgehead atoms. The lowest BCUT2D eigenvalue weighted by atomic mass is 10.3. The van der Waals surface area contributed by atoms with E-state index in [2.05, 4.69) is 10.2 Å². The highest BCUT2D eigenvalue weighted by molar-refractivity contribution is 5.83. The molecule has 0 atom stereocenters. The van der Waals surface area contributed by atoms with Crippen molar-refractivity contribution < 1.29 is 9.53 Å². The normalized spacial score (nSPS) is 10.7. The van der Waals surface area contributed by atoms with Crippen LogP contribution in [0.3, 0.4) is 0 Å². The number of ether oxygens (including phenoxy) is 1. The van der Waals surface area contributed by atoms with Gasteiger partial charge < -0.3 is 4.74 Å². The molecule has 0 aliphatic rings. The summed E-state index contributed by atoms with van der Waals surface area (Å²) in [6, 6.07) is 3.52. The van der Waals surface area contributed by atoms with Crippen molar-refractivity contribution in [2.45, 2.75) is 6.42 Å². The molecule has 2 aromatic rings. The fourth-order valence-corrected chi connectivity index (χ4v) is 1.44. The number of nitrogens with zero attached hydrogens (tertiary/aromatic N) is 3. The Morgan fingerprint density at radius 2 is 2.40 bits per heavy atom. The molecule has 0 fully saturated rings. The molecule has 15 heavy (non-hydrogen) atoms. The van der Waals surface area contributed by atoms with E-state index in [9.17, 15) is 4.79 Å². The minimum Gasteiger partial charge on any atom is -0.384 e. The van der Waals surface area contributed by atoms with Crippen LogP contribution in [-0.2, 0) is 11.2 Å². The second kappa shape index (κ2) is 4.18. The Kier molecular flexibility index (Phi) is 2.73. The molecule has 2 heterocycles. The molecule has 0 radical (unpaired) electrons. The standard InChI is InChI=1S/C10H11N3O2/c1-15-6-4-9-11-12-10-8(7-14)3-2-5-13(9)10/h2-3,5,7H,4,6H2,1H3. The topological polar surface area (TPSA) is 56.5 Å². The lowest BCUT2D eigenvalue weighted by Gasteiger charge is -1.99. The Bertz CT molecular complexity index is 478. The van der Waals surface area contributed by atoms with Gasteiger partial charge in [-0.3, -0.25) is 9.20 Å². The van der Waals surface area contributed by atoms with Crippen molar-refractivity contribution >= 4 is 11.9 Å². The Labute approximate surface area is 86.7 Å². The van der Waals surface area contributed by atoms with Crippen LogP contribution < -0.4 is 0 Å². The number of carbonyl (C=O) groups excluding carboxylic acids is 1. The molecule has 0 aromatic carbocycles. The molecule has 0 unspecified atom stereocenters. The van der Waals surface area contributed by atoms with Crippen molar-refractivity contribution in [1.82, 2.24) is 14.6 Å². The number of carbonyl (C=O) groups is 1. The summed E-state index contributed by atoms with van der Waals surface area (Å²) in [5, 5.41) is 7.98. The quantitative estimate of drug-likeness (QED) is 0.690. The zero-order valence-electron chi connectivity index (χ0n) is 8.38. The summed E-state index contributed by atoms with van der Waals surface area (Å²) in [5.41, 5.74) is 1.15. The van der Waals surface area contributed by atoms with Crippen molar-refractivity contribution in [3.8, 4) is 0 Å². The Morgan fingerprint density at radius 1 is 1.53 bits per heavy atom. The molecule has 0 N–H and O–H groups in total. The number of rotatable bonds is 4. The van der Waals surface area contributed by atoms with Crippen molar-refractivity contribution in [2.75, 3.05) is 13.7 Å². The summed E-state index contributed by atoms with van der Waals surface area (Å²) < 4.78 is 6.78. The SMILES string of the molecule is COCCc1nnc2c(C=O)cccn12. The first-order chi connectivity index (χ1) is 7.36. The molecule has 78 valence electrons. The third-order valence-corrected chi connectivity index (χ3v) is 2.19. The minimum atomic E-state index is 0.550. The van der Waals surface area contributed by atoms with E-state index in [1.165, 1.54) is 0 Å². The predicted octanol–water partition coefficient (Wildman–Crippen LogP) is 0.731. The number of hydrogen-bond acceptors (Lipinski definition) is 4. The predicted molar refractivity (Wildman–Crippen MR) is 54.0 cm³/mol. The summed E-state index contributed by atoms with van der Waals surface area (Å²) in [6.45, 7) is 0.589. The highest BCUT2D eigenvalue weighted by Crippen LogP contribution is 2.08. The number of pyridine rings is 1. The maximum Gasteiger partial charge on any atom is 0.171 e. The number of fused-ring (bicyclic) bond motifs is 1. The van der Waals surface area contributed by atoms with E-state index in [4.69, 9.17) is 4.74 Å². The molecule has 0 amide bonds. The van der Waals surface area contributed by atoms with E-state index in [-0.39, 0.29) is 0 Å². The molecule has 0 spiro atoms. The lowest BCUT2D eigenvalue weighted by Crippen LogP contribution is -2.00. The van der Waals surface area contributed by atoms with Crippen LogP contribution in [0.15, 0.2) is 18.3 Å². The Balaban J connectivity index is 2.46. The highest BCUT2D eigenvalue weighted by Gasteiger charge is 2.07. The summed E-state index contributed by atoms with van der Waals surface area (Å²) in [6.07, 6.45) is 3.30. The first-order valence-electron chi connectivity index (χ1n) is 4.63. The van der Waals surface area contributed by atoms with Crippen molar-refractivity contribution in [2.24, 2.45) is 0 Å². The van der Waals surface area contributed by atoms with E-state index in [0.29, 0.717) is 24.2 Å². The van der Waals surface area contributed by atoms with Gasteiger partial charge in [-0.25, -0.2) is 0 Å². The van der Waals surface area contributed by atoms with Crippen LogP contribution in [-0.4, -0.2) is 34.6 Å². The first-order valence-corrected chi connectivity index (χ1v) is 4.63. The molecule has 0 aliphatic heterocycles. The highest BCUT2D eigenvalue weighted by atomic mass is 16.5. The van der Waals surface area contributed by atoms with Gasteiger partial charge in [-0.2, -0.15) is 0 Å². The second-order valence-corrected chi connectivity index (χ2v) is 3.13. The summed E-state index contributed by atoms with van der Waals surface area (Å²) in [4.78, 5) is 10.7. The maximum absolute atomic E-state index is 10.7. The third-order valence-electron chi connectivity index (χ3n) is 2.19. The van der Waals surface area contributed by atoms with Gasteiger partial charge in [0.25, 0.3) is 0 Å². The molecule has 0 saturated heterocycles. The Hall–Kier alpha value is -1.75. The molecule has 0 saturated carbocycles. The summed E-state index contributed by atoms with van der Waals surface area (Å²) in [5.74, 6) is 0.801. The van der Waals surface area contributed by atoms with Gasteiger partial charge >= 0.3 is 0 Å². The number of methoxy groups -OCH3 is 1. The average Bonchev–Trinajstić information content (AvgIpc) is 2.69.